The Morgan fingerprint density at radius 2 is 1.84 bits per heavy atom. The number of aryl methyl sites for hydroxylation is 1. The lowest BCUT2D eigenvalue weighted by atomic mass is 10.0. The zero-order valence-electron chi connectivity index (χ0n) is 18.5. The second kappa shape index (κ2) is 9.60. The van der Waals surface area contributed by atoms with Crippen molar-refractivity contribution in [3.05, 3.63) is 48.0 Å². The highest BCUT2D eigenvalue weighted by molar-refractivity contribution is 7.92. The smallest absolute Gasteiger partial charge is 0.264 e. The number of amides is 1. The van der Waals surface area contributed by atoms with Crippen molar-refractivity contribution in [3.63, 3.8) is 0 Å². The number of nitrogens with zero attached hydrogens (tertiary/aromatic N) is 2. The molecule has 1 heterocycles. The molecule has 3 rings (SSSR count). The van der Waals surface area contributed by atoms with Crippen molar-refractivity contribution in [2.75, 3.05) is 38.2 Å². The Kier molecular flexibility index (Phi) is 7.10. The molecule has 1 atom stereocenters. The normalized spacial score (nSPS) is 16.6. The lowest BCUT2D eigenvalue weighted by Gasteiger charge is -2.33. The SMILES string of the molecule is COc1ccc(OC)c(N(CC(=O)N2CCC[C@H](C)C2)S(=O)(=O)c2ccc(C)cc2)c1. The molecule has 0 aromatic heterocycles. The third-order valence-corrected chi connectivity index (χ3v) is 7.33. The first-order valence-corrected chi connectivity index (χ1v) is 11.8. The number of hydrogen-bond donors (Lipinski definition) is 0. The molecule has 1 saturated heterocycles. The number of rotatable bonds is 7. The summed E-state index contributed by atoms with van der Waals surface area (Å²) in [7, 11) is -1.05. The molecular formula is C23H30N2O5S. The Morgan fingerprint density at radius 3 is 2.45 bits per heavy atom. The van der Waals surface area contributed by atoms with Crippen LogP contribution in [-0.4, -0.2) is 53.1 Å². The fraction of sp³-hybridized carbons (Fsp3) is 0.435. The third kappa shape index (κ3) is 5.12. The van der Waals surface area contributed by atoms with E-state index in [0.717, 1.165) is 22.7 Å². The molecule has 2 aromatic carbocycles. The number of likely N-dealkylation sites (tertiary alicyclic amines) is 1. The summed E-state index contributed by atoms with van der Waals surface area (Å²) >= 11 is 0. The Labute approximate surface area is 184 Å². The molecule has 0 aliphatic carbocycles. The lowest BCUT2D eigenvalue weighted by molar-refractivity contribution is -0.131. The van der Waals surface area contributed by atoms with Gasteiger partial charge in [-0.1, -0.05) is 24.6 Å². The van der Waals surface area contributed by atoms with Gasteiger partial charge in [0.05, 0.1) is 24.8 Å². The Balaban J connectivity index is 2.06. The van der Waals surface area contributed by atoms with Crippen molar-refractivity contribution in [2.45, 2.75) is 31.6 Å². The highest BCUT2D eigenvalue weighted by Crippen LogP contribution is 2.36. The quantitative estimate of drug-likeness (QED) is 0.651. The minimum absolute atomic E-state index is 0.114. The van der Waals surface area contributed by atoms with E-state index in [-0.39, 0.29) is 23.0 Å². The fourth-order valence-corrected chi connectivity index (χ4v) is 5.18. The maximum Gasteiger partial charge on any atom is 0.264 e. The number of sulfonamides is 1. The first-order chi connectivity index (χ1) is 14.8. The van der Waals surface area contributed by atoms with Crippen molar-refractivity contribution >= 4 is 21.6 Å². The number of anilines is 1. The van der Waals surface area contributed by atoms with Gasteiger partial charge in [-0.05, 0) is 49.9 Å². The standard InChI is InChI=1S/C23H30N2O5S/c1-17-7-10-20(11-8-17)31(27,28)25(16-23(26)24-13-5-6-18(2)15-24)21-14-19(29-3)9-12-22(21)30-4/h7-12,14,18H,5-6,13,15-16H2,1-4H3/t18-/m0/s1. The number of carbonyl (C=O) groups excluding carboxylic acids is 1. The zero-order chi connectivity index (χ0) is 22.6. The largest absolute Gasteiger partial charge is 0.497 e. The van der Waals surface area contributed by atoms with Crippen LogP contribution in [0.1, 0.15) is 25.3 Å². The van der Waals surface area contributed by atoms with Gasteiger partial charge in [0.25, 0.3) is 10.0 Å². The van der Waals surface area contributed by atoms with Crippen LogP contribution < -0.4 is 13.8 Å². The molecule has 1 aliphatic heterocycles. The summed E-state index contributed by atoms with van der Waals surface area (Å²) in [6.45, 7) is 4.95. The Hall–Kier alpha value is -2.74. The molecule has 168 valence electrons. The van der Waals surface area contributed by atoms with Crippen LogP contribution in [0.4, 0.5) is 5.69 Å². The molecule has 0 radical (unpaired) electrons. The number of methoxy groups -OCH3 is 2. The summed E-state index contributed by atoms with van der Waals surface area (Å²) in [6.07, 6.45) is 1.99. The van der Waals surface area contributed by atoms with Crippen molar-refractivity contribution in [1.82, 2.24) is 4.90 Å². The number of hydrogen-bond acceptors (Lipinski definition) is 5. The summed E-state index contributed by atoms with van der Waals surface area (Å²) in [6, 6.07) is 11.5. The molecule has 31 heavy (non-hydrogen) atoms. The van der Waals surface area contributed by atoms with Crippen LogP contribution in [-0.2, 0) is 14.8 Å². The predicted octanol–water partition coefficient (Wildman–Crippen LogP) is 3.47. The highest BCUT2D eigenvalue weighted by Gasteiger charge is 2.32. The number of piperidine rings is 1. The van der Waals surface area contributed by atoms with Gasteiger partial charge in [0.15, 0.2) is 0 Å². The first kappa shape index (κ1) is 22.9. The Bertz CT molecular complexity index is 1020. The molecule has 1 aliphatic rings. The second-order valence-corrected chi connectivity index (χ2v) is 9.81. The number of carbonyl (C=O) groups is 1. The van der Waals surface area contributed by atoms with Gasteiger partial charge in [0.1, 0.15) is 18.0 Å². The van der Waals surface area contributed by atoms with E-state index in [4.69, 9.17) is 9.47 Å². The summed E-state index contributed by atoms with van der Waals surface area (Å²) in [4.78, 5) is 15.0. The predicted molar refractivity (Wildman–Crippen MR) is 120 cm³/mol. The van der Waals surface area contributed by atoms with E-state index in [9.17, 15) is 13.2 Å². The van der Waals surface area contributed by atoms with Crippen LogP contribution in [0.5, 0.6) is 11.5 Å². The molecule has 2 aromatic rings. The van der Waals surface area contributed by atoms with E-state index < -0.39 is 10.0 Å². The summed E-state index contributed by atoms with van der Waals surface area (Å²) in [5, 5.41) is 0. The van der Waals surface area contributed by atoms with Crippen molar-refractivity contribution in [1.29, 1.82) is 0 Å². The van der Waals surface area contributed by atoms with E-state index in [1.165, 1.54) is 14.2 Å². The monoisotopic (exact) mass is 446 g/mol. The average molecular weight is 447 g/mol. The van der Waals surface area contributed by atoms with Crippen LogP contribution in [0, 0.1) is 12.8 Å². The van der Waals surface area contributed by atoms with Gasteiger partial charge in [0, 0.05) is 19.2 Å². The van der Waals surface area contributed by atoms with Gasteiger partial charge in [0.2, 0.25) is 5.91 Å². The van der Waals surface area contributed by atoms with Crippen molar-refractivity contribution in [2.24, 2.45) is 5.92 Å². The van der Waals surface area contributed by atoms with Crippen LogP contribution in [0.2, 0.25) is 0 Å². The first-order valence-electron chi connectivity index (χ1n) is 10.4. The van der Waals surface area contributed by atoms with E-state index in [1.54, 1.807) is 47.4 Å². The maximum absolute atomic E-state index is 13.7. The van der Waals surface area contributed by atoms with E-state index in [1.807, 2.05) is 6.92 Å². The van der Waals surface area contributed by atoms with Gasteiger partial charge in [-0.3, -0.25) is 9.10 Å². The van der Waals surface area contributed by atoms with Crippen molar-refractivity contribution in [3.8, 4) is 11.5 Å². The van der Waals surface area contributed by atoms with Gasteiger partial charge >= 0.3 is 0 Å². The number of benzene rings is 2. The fourth-order valence-electron chi connectivity index (χ4n) is 3.77. The topological polar surface area (TPSA) is 76.2 Å². The molecule has 0 unspecified atom stereocenters. The van der Waals surface area contributed by atoms with Gasteiger partial charge in [-0.15, -0.1) is 0 Å². The molecule has 0 spiro atoms. The molecule has 1 amide bonds. The average Bonchev–Trinajstić information content (AvgIpc) is 2.77. The van der Waals surface area contributed by atoms with Crippen molar-refractivity contribution < 1.29 is 22.7 Å². The molecular weight excluding hydrogens is 416 g/mol. The van der Waals surface area contributed by atoms with Crippen LogP contribution in [0.25, 0.3) is 0 Å². The van der Waals surface area contributed by atoms with E-state index in [2.05, 4.69) is 6.92 Å². The molecule has 0 saturated carbocycles. The maximum atomic E-state index is 13.7. The minimum Gasteiger partial charge on any atom is -0.497 e. The lowest BCUT2D eigenvalue weighted by Crippen LogP contribution is -2.46. The van der Waals surface area contributed by atoms with E-state index >= 15 is 0 Å². The van der Waals surface area contributed by atoms with Gasteiger partial charge < -0.3 is 14.4 Å². The van der Waals surface area contributed by atoms with Gasteiger partial charge in [-0.25, -0.2) is 8.42 Å². The van der Waals surface area contributed by atoms with E-state index in [0.29, 0.717) is 30.5 Å². The summed E-state index contributed by atoms with van der Waals surface area (Å²) < 4.78 is 39.2. The zero-order valence-corrected chi connectivity index (χ0v) is 19.3. The van der Waals surface area contributed by atoms with Crippen LogP contribution in [0.3, 0.4) is 0 Å². The Morgan fingerprint density at radius 1 is 1.13 bits per heavy atom. The molecule has 1 fully saturated rings. The highest BCUT2D eigenvalue weighted by atomic mass is 32.2. The number of ether oxygens (including phenoxy) is 2. The molecule has 0 N–H and O–H groups in total. The van der Waals surface area contributed by atoms with Crippen LogP contribution >= 0.6 is 0 Å². The summed E-state index contributed by atoms with van der Waals surface area (Å²) in [5.41, 5.74) is 1.21. The summed E-state index contributed by atoms with van der Waals surface area (Å²) in [5.74, 6) is 0.980. The van der Waals surface area contributed by atoms with Gasteiger partial charge in [-0.2, -0.15) is 0 Å². The molecule has 0 bridgehead atoms. The molecule has 7 nitrogen and oxygen atoms in total. The minimum atomic E-state index is -4.03. The van der Waals surface area contributed by atoms with Crippen LogP contribution in [0.15, 0.2) is 47.4 Å². The second-order valence-electron chi connectivity index (χ2n) is 7.95. The molecule has 8 heteroatoms. The third-order valence-electron chi connectivity index (χ3n) is 5.55.